The van der Waals surface area contributed by atoms with E-state index in [-0.39, 0.29) is 10.6 Å². The first-order valence-electron chi connectivity index (χ1n) is 10.3. The zero-order valence-corrected chi connectivity index (χ0v) is 16.8. The first-order chi connectivity index (χ1) is 13.0. The van der Waals surface area contributed by atoms with E-state index in [2.05, 4.69) is 17.6 Å². The summed E-state index contributed by atoms with van der Waals surface area (Å²) in [5.74, 6) is 2.77. The van der Waals surface area contributed by atoms with Crippen molar-refractivity contribution in [3.8, 4) is 0 Å². The lowest BCUT2D eigenvalue weighted by atomic mass is 9.47. The molecule has 5 nitrogen and oxygen atoms in total. The van der Waals surface area contributed by atoms with E-state index in [4.69, 9.17) is 12.2 Å². The molecular formula is C21H29N3O2S. The number of benzene rings is 1. The number of nitro groups is 1. The monoisotopic (exact) mass is 387 g/mol. The van der Waals surface area contributed by atoms with Gasteiger partial charge in [-0.1, -0.05) is 13.3 Å². The molecule has 4 aliphatic carbocycles. The van der Waals surface area contributed by atoms with Gasteiger partial charge in [0.1, 0.15) is 0 Å². The van der Waals surface area contributed by atoms with Crippen LogP contribution in [0.4, 0.5) is 11.4 Å². The molecule has 146 valence electrons. The smallest absolute Gasteiger partial charge is 0.269 e. The number of nitrogens with zero attached hydrogens (tertiary/aromatic N) is 1. The number of hydrogen-bond acceptors (Lipinski definition) is 3. The van der Waals surface area contributed by atoms with Crippen LogP contribution in [0.15, 0.2) is 24.3 Å². The highest BCUT2D eigenvalue weighted by Crippen LogP contribution is 2.61. The molecule has 0 aromatic heterocycles. The van der Waals surface area contributed by atoms with E-state index < -0.39 is 0 Å². The minimum atomic E-state index is -0.384. The van der Waals surface area contributed by atoms with Crippen molar-refractivity contribution in [1.29, 1.82) is 0 Å². The molecule has 1 aromatic carbocycles. The molecule has 0 aliphatic heterocycles. The molecule has 0 heterocycles. The topological polar surface area (TPSA) is 67.2 Å². The van der Waals surface area contributed by atoms with E-state index in [1.54, 1.807) is 12.1 Å². The van der Waals surface area contributed by atoms with E-state index in [0.29, 0.717) is 16.6 Å². The van der Waals surface area contributed by atoms with Gasteiger partial charge in [-0.15, -0.1) is 0 Å². The largest absolute Gasteiger partial charge is 0.359 e. The van der Waals surface area contributed by atoms with Crippen LogP contribution in [0.3, 0.4) is 0 Å². The summed E-state index contributed by atoms with van der Waals surface area (Å²) in [7, 11) is 0. The number of nitrogens with one attached hydrogen (secondary N) is 2. The molecule has 1 aromatic rings. The van der Waals surface area contributed by atoms with Crippen LogP contribution in [0.5, 0.6) is 0 Å². The van der Waals surface area contributed by atoms with Crippen molar-refractivity contribution in [2.24, 2.45) is 23.2 Å². The summed E-state index contributed by atoms with van der Waals surface area (Å²) >= 11 is 5.61. The van der Waals surface area contributed by atoms with Crippen molar-refractivity contribution < 1.29 is 4.92 Å². The summed E-state index contributed by atoms with van der Waals surface area (Å²) < 4.78 is 0. The molecule has 0 radical (unpaired) electrons. The Bertz CT molecular complexity index is 683. The van der Waals surface area contributed by atoms with Crippen molar-refractivity contribution >= 4 is 28.7 Å². The van der Waals surface area contributed by atoms with Gasteiger partial charge in [-0.2, -0.15) is 0 Å². The van der Waals surface area contributed by atoms with Gasteiger partial charge in [-0.3, -0.25) is 10.1 Å². The summed E-state index contributed by atoms with van der Waals surface area (Å²) in [6, 6.07) is 6.87. The van der Waals surface area contributed by atoms with E-state index in [0.717, 1.165) is 36.3 Å². The van der Waals surface area contributed by atoms with E-state index in [1.807, 2.05) is 0 Å². The van der Waals surface area contributed by atoms with Crippen LogP contribution >= 0.6 is 12.2 Å². The van der Waals surface area contributed by atoms with Crippen LogP contribution in [0.25, 0.3) is 0 Å². The van der Waals surface area contributed by atoms with E-state index in [9.17, 15) is 10.1 Å². The maximum Gasteiger partial charge on any atom is 0.269 e. The molecule has 4 aliphatic rings. The number of anilines is 1. The quantitative estimate of drug-likeness (QED) is 0.396. The van der Waals surface area contributed by atoms with Gasteiger partial charge in [-0.05, 0) is 92.5 Å². The summed E-state index contributed by atoms with van der Waals surface area (Å²) in [5.41, 5.74) is 1.29. The lowest BCUT2D eigenvalue weighted by Crippen LogP contribution is -2.57. The average molecular weight is 388 g/mol. The molecule has 27 heavy (non-hydrogen) atoms. The Morgan fingerprint density at radius 2 is 1.74 bits per heavy atom. The average Bonchev–Trinajstić information content (AvgIpc) is 2.60. The molecule has 0 spiro atoms. The fourth-order valence-corrected chi connectivity index (χ4v) is 6.68. The third-order valence-electron chi connectivity index (χ3n) is 7.04. The number of nitro benzene ring substituents is 1. The van der Waals surface area contributed by atoms with Gasteiger partial charge >= 0.3 is 0 Å². The van der Waals surface area contributed by atoms with E-state index >= 15 is 0 Å². The van der Waals surface area contributed by atoms with Crippen molar-refractivity contribution in [3.63, 3.8) is 0 Å². The fraction of sp³-hybridized carbons (Fsp3) is 0.667. The maximum atomic E-state index is 10.8. The fourth-order valence-electron chi connectivity index (χ4n) is 6.42. The van der Waals surface area contributed by atoms with Crippen LogP contribution < -0.4 is 10.6 Å². The van der Waals surface area contributed by atoms with Gasteiger partial charge in [-0.25, -0.2) is 0 Å². The summed E-state index contributed by atoms with van der Waals surface area (Å²) in [5, 5.41) is 18.3. The number of thiocarbonyl (C=S) groups is 1. The maximum absolute atomic E-state index is 10.8. The first-order valence-corrected chi connectivity index (χ1v) is 10.7. The molecule has 0 unspecified atom stereocenters. The summed E-state index contributed by atoms with van der Waals surface area (Å²) in [4.78, 5) is 10.4. The highest BCUT2D eigenvalue weighted by atomic mass is 32.1. The second-order valence-electron chi connectivity index (χ2n) is 9.02. The molecule has 0 amide bonds. The zero-order valence-electron chi connectivity index (χ0n) is 15.9. The minimum Gasteiger partial charge on any atom is -0.359 e. The number of rotatable bonds is 6. The SMILES string of the molecule is CCC[C@H](NC(=S)Nc1ccc([N+](=O)[O-])cc1)C12CC3CC(CC(C3)C1)C2. The lowest BCUT2D eigenvalue weighted by Gasteiger charge is -2.59. The first kappa shape index (κ1) is 18.7. The van der Waals surface area contributed by atoms with Crippen molar-refractivity contribution in [2.75, 3.05) is 5.32 Å². The van der Waals surface area contributed by atoms with Crippen LogP contribution in [-0.4, -0.2) is 16.1 Å². The standard InChI is InChI=1S/C21H29N3O2S/c1-2-3-19(21-11-14-8-15(12-21)10-16(9-14)13-21)23-20(27)22-17-4-6-18(7-5-17)24(25)26/h4-7,14-16,19H,2-3,8-13H2,1H3,(H2,22,23,27)/t14?,15?,16?,19-,21?/m0/s1. The molecule has 6 heteroatoms. The second kappa shape index (κ2) is 7.38. The predicted octanol–water partition coefficient (Wildman–Crippen LogP) is 5.27. The molecule has 4 bridgehead atoms. The Morgan fingerprint density at radius 1 is 1.19 bits per heavy atom. The third kappa shape index (κ3) is 3.82. The van der Waals surface area contributed by atoms with Crippen LogP contribution in [0, 0.1) is 33.3 Å². The summed E-state index contributed by atoms with van der Waals surface area (Å²) in [6.07, 6.45) is 10.7. The molecular weight excluding hydrogens is 358 g/mol. The zero-order chi connectivity index (χ0) is 19.0. The predicted molar refractivity (Wildman–Crippen MR) is 112 cm³/mol. The Balaban J connectivity index is 1.44. The third-order valence-corrected chi connectivity index (χ3v) is 7.26. The highest BCUT2D eigenvalue weighted by molar-refractivity contribution is 7.80. The number of hydrogen-bond donors (Lipinski definition) is 2. The van der Waals surface area contributed by atoms with Gasteiger partial charge in [0.15, 0.2) is 5.11 Å². The van der Waals surface area contributed by atoms with Crippen LogP contribution in [0.2, 0.25) is 0 Å². The molecule has 5 rings (SSSR count). The van der Waals surface area contributed by atoms with Gasteiger partial charge in [0, 0.05) is 23.9 Å². The Kier molecular flexibility index (Phi) is 5.10. The highest BCUT2D eigenvalue weighted by Gasteiger charge is 2.54. The van der Waals surface area contributed by atoms with Crippen molar-refractivity contribution in [1.82, 2.24) is 5.32 Å². The van der Waals surface area contributed by atoms with Crippen LogP contribution in [0.1, 0.15) is 58.3 Å². The van der Waals surface area contributed by atoms with Gasteiger partial charge in [0.2, 0.25) is 0 Å². The molecule has 4 fully saturated rings. The van der Waals surface area contributed by atoms with Crippen molar-refractivity contribution in [2.45, 2.75) is 64.3 Å². The van der Waals surface area contributed by atoms with Gasteiger partial charge in [0.25, 0.3) is 5.69 Å². The Hall–Kier alpha value is -1.69. The van der Waals surface area contributed by atoms with Gasteiger partial charge < -0.3 is 10.6 Å². The molecule has 2 N–H and O–H groups in total. The molecule has 0 saturated heterocycles. The Morgan fingerprint density at radius 3 is 2.22 bits per heavy atom. The summed E-state index contributed by atoms with van der Waals surface area (Å²) in [6.45, 7) is 2.25. The van der Waals surface area contributed by atoms with E-state index in [1.165, 1.54) is 50.7 Å². The van der Waals surface area contributed by atoms with Gasteiger partial charge in [0.05, 0.1) is 4.92 Å². The normalized spacial score (nSPS) is 32.1. The van der Waals surface area contributed by atoms with Crippen LogP contribution in [-0.2, 0) is 0 Å². The second-order valence-corrected chi connectivity index (χ2v) is 9.43. The number of non-ortho nitro benzene ring substituents is 1. The molecule has 4 saturated carbocycles. The molecule has 1 atom stereocenters. The Labute approximate surface area is 166 Å². The minimum absolute atomic E-state index is 0.0943. The lowest BCUT2D eigenvalue weighted by molar-refractivity contribution is -0.384. The van der Waals surface area contributed by atoms with Crippen molar-refractivity contribution in [3.05, 3.63) is 34.4 Å².